The minimum absolute atomic E-state index is 0.536. The van der Waals surface area contributed by atoms with Gasteiger partial charge in [-0.1, -0.05) is 49.7 Å². The molecule has 0 aliphatic rings. The fraction of sp³-hybridized carbons (Fsp3) is 0.375. The van der Waals surface area contributed by atoms with E-state index in [1.807, 2.05) is 13.8 Å². The number of hydrogen-bond acceptors (Lipinski definition) is 2. The molecule has 0 spiro atoms. The largest absolute Gasteiger partial charge is 0.233 e. The van der Waals surface area contributed by atoms with Gasteiger partial charge in [-0.3, -0.25) is 0 Å². The van der Waals surface area contributed by atoms with Crippen LogP contribution in [0, 0.1) is 19.8 Å². The molecular formula is C16H19ClN2. The molecule has 2 aromatic rings. The van der Waals surface area contributed by atoms with Crippen LogP contribution in [0.25, 0.3) is 11.4 Å². The summed E-state index contributed by atoms with van der Waals surface area (Å²) in [5, 5.41) is 0.536. The summed E-state index contributed by atoms with van der Waals surface area (Å²) in [6.07, 6.45) is 1.09. The molecular weight excluding hydrogens is 256 g/mol. The van der Waals surface area contributed by atoms with Crippen LogP contribution in [0.1, 0.15) is 30.7 Å². The summed E-state index contributed by atoms with van der Waals surface area (Å²) < 4.78 is 0. The van der Waals surface area contributed by atoms with Crippen LogP contribution in [0.3, 0.4) is 0 Å². The van der Waals surface area contributed by atoms with Gasteiger partial charge in [0.15, 0.2) is 5.82 Å². The summed E-state index contributed by atoms with van der Waals surface area (Å²) >= 11 is 6.12. The molecule has 1 aromatic heterocycles. The van der Waals surface area contributed by atoms with Crippen LogP contribution in [0.15, 0.2) is 24.3 Å². The highest BCUT2D eigenvalue weighted by molar-refractivity contribution is 6.30. The number of benzene rings is 1. The molecule has 0 amide bonds. The van der Waals surface area contributed by atoms with Gasteiger partial charge in [0.2, 0.25) is 0 Å². The molecule has 0 atom stereocenters. The highest BCUT2D eigenvalue weighted by Gasteiger charge is 2.08. The second-order valence-corrected chi connectivity index (χ2v) is 5.70. The SMILES string of the molecule is Cc1nc(-c2ccc(CC(C)C)cc2)nc(Cl)c1C. The van der Waals surface area contributed by atoms with Gasteiger partial charge in [0, 0.05) is 16.8 Å². The molecule has 100 valence electrons. The fourth-order valence-corrected chi connectivity index (χ4v) is 2.20. The molecule has 0 fully saturated rings. The summed E-state index contributed by atoms with van der Waals surface area (Å²) in [7, 11) is 0. The Morgan fingerprint density at radius 3 is 2.21 bits per heavy atom. The van der Waals surface area contributed by atoms with Gasteiger partial charge in [0.1, 0.15) is 5.15 Å². The van der Waals surface area contributed by atoms with Crippen molar-refractivity contribution < 1.29 is 0 Å². The van der Waals surface area contributed by atoms with E-state index in [1.165, 1.54) is 5.56 Å². The lowest BCUT2D eigenvalue weighted by Crippen LogP contribution is -1.97. The summed E-state index contributed by atoms with van der Waals surface area (Å²) in [4.78, 5) is 8.85. The fourth-order valence-electron chi connectivity index (χ4n) is 1.98. The molecule has 1 aromatic carbocycles. The van der Waals surface area contributed by atoms with Gasteiger partial charge in [-0.15, -0.1) is 0 Å². The van der Waals surface area contributed by atoms with Gasteiger partial charge in [0.05, 0.1) is 0 Å². The van der Waals surface area contributed by atoms with Gasteiger partial charge >= 0.3 is 0 Å². The Morgan fingerprint density at radius 1 is 1.05 bits per heavy atom. The molecule has 2 rings (SSSR count). The lowest BCUT2D eigenvalue weighted by atomic mass is 10.0. The highest BCUT2D eigenvalue weighted by Crippen LogP contribution is 2.22. The number of halogens is 1. The van der Waals surface area contributed by atoms with E-state index in [0.717, 1.165) is 23.2 Å². The van der Waals surface area contributed by atoms with Gasteiger partial charge in [-0.2, -0.15) is 0 Å². The lowest BCUT2D eigenvalue weighted by molar-refractivity contribution is 0.647. The maximum atomic E-state index is 6.12. The van der Waals surface area contributed by atoms with Crippen molar-refractivity contribution in [2.75, 3.05) is 0 Å². The number of hydrogen-bond donors (Lipinski definition) is 0. The topological polar surface area (TPSA) is 25.8 Å². The molecule has 0 aliphatic heterocycles. The summed E-state index contributed by atoms with van der Waals surface area (Å²) in [5.74, 6) is 1.36. The minimum Gasteiger partial charge on any atom is -0.233 e. The molecule has 2 nitrogen and oxygen atoms in total. The molecule has 3 heteroatoms. The van der Waals surface area contributed by atoms with E-state index in [2.05, 4.69) is 48.1 Å². The Hall–Kier alpha value is -1.41. The maximum Gasteiger partial charge on any atom is 0.161 e. The van der Waals surface area contributed by atoms with Crippen LogP contribution < -0.4 is 0 Å². The van der Waals surface area contributed by atoms with Crippen molar-refractivity contribution in [1.82, 2.24) is 9.97 Å². The highest BCUT2D eigenvalue weighted by atomic mass is 35.5. The zero-order valence-electron chi connectivity index (χ0n) is 11.9. The first-order valence-corrected chi connectivity index (χ1v) is 6.95. The third kappa shape index (κ3) is 3.32. The van der Waals surface area contributed by atoms with Crippen molar-refractivity contribution in [1.29, 1.82) is 0 Å². The second kappa shape index (κ2) is 5.70. The Morgan fingerprint density at radius 2 is 1.68 bits per heavy atom. The van der Waals surface area contributed by atoms with E-state index in [0.29, 0.717) is 16.9 Å². The van der Waals surface area contributed by atoms with Crippen molar-refractivity contribution in [2.45, 2.75) is 34.1 Å². The average Bonchev–Trinajstić information content (AvgIpc) is 2.35. The van der Waals surface area contributed by atoms with Gasteiger partial charge < -0.3 is 0 Å². The van der Waals surface area contributed by atoms with Crippen LogP contribution in [-0.2, 0) is 6.42 Å². The van der Waals surface area contributed by atoms with Gasteiger partial charge in [-0.05, 0) is 31.7 Å². The van der Waals surface area contributed by atoms with Crippen molar-refractivity contribution in [3.05, 3.63) is 46.2 Å². The standard InChI is InChI=1S/C16H19ClN2/c1-10(2)9-13-5-7-14(8-6-13)16-18-12(4)11(3)15(17)19-16/h5-8,10H,9H2,1-4H3. The Labute approximate surface area is 119 Å². The van der Waals surface area contributed by atoms with Crippen molar-refractivity contribution >= 4 is 11.6 Å². The average molecular weight is 275 g/mol. The van der Waals surface area contributed by atoms with Crippen molar-refractivity contribution in [3.8, 4) is 11.4 Å². The summed E-state index contributed by atoms with van der Waals surface area (Å²) in [5.41, 5.74) is 4.23. The zero-order chi connectivity index (χ0) is 14.0. The molecule has 1 heterocycles. The van der Waals surface area contributed by atoms with E-state index in [-0.39, 0.29) is 0 Å². The number of aromatic nitrogens is 2. The maximum absolute atomic E-state index is 6.12. The number of rotatable bonds is 3. The van der Waals surface area contributed by atoms with Gasteiger partial charge in [0.25, 0.3) is 0 Å². The summed E-state index contributed by atoms with van der Waals surface area (Å²) in [6.45, 7) is 8.34. The normalized spacial score (nSPS) is 11.1. The molecule has 19 heavy (non-hydrogen) atoms. The quantitative estimate of drug-likeness (QED) is 0.764. The first-order chi connectivity index (χ1) is 8.97. The molecule has 0 unspecified atom stereocenters. The minimum atomic E-state index is 0.536. The number of nitrogens with zero attached hydrogens (tertiary/aromatic N) is 2. The third-order valence-electron chi connectivity index (χ3n) is 3.19. The molecule has 0 radical (unpaired) electrons. The Kier molecular flexibility index (Phi) is 4.20. The smallest absolute Gasteiger partial charge is 0.161 e. The first-order valence-electron chi connectivity index (χ1n) is 6.57. The van der Waals surface area contributed by atoms with Crippen LogP contribution in [0.2, 0.25) is 5.15 Å². The predicted molar refractivity (Wildman–Crippen MR) is 80.5 cm³/mol. The first kappa shape index (κ1) is 14.0. The van der Waals surface area contributed by atoms with Crippen LogP contribution >= 0.6 is 11.6 Å². The molecule has 0 bridgehead atoms. The van der Waals surface area contributed by atoms with E-state index in [1.54, 1.807) is 0 Å². The lowest BCUT2D eigenvalue weighted by Gasteiger charge is -2.08. The molecule has 0 N–H and O–H groups in total. The number of aryl methyl sites for hydroxylation is 1. The van der Waals surface area contributed by atoms with E-state index >= 15 is 0 Å². The summed E-state index contributed by atoms with van der Waals surface area (Å²) in [6, 6.07) is 8.42. The van der Waals surface area contributed by atoms with Crippen molar-refractivity contribution in [3.63, 3.8) is 0 Å². The predicted octanol–water partition coefficient (Wildman–Crippen LogP) is 4.61. The molecule has 0 aliphatic carbocycles. The van der Waals surface area contributed by atoms with Crippen LogP contribution in [0.4, 0.5) is 0 Å². The third-order valence-corrected chi connectivity index (χ3v) is 3.55. The van der Waals surface area contributed by atoms with Crippen molar-refractivity contribution in [2.24, 2.45) is 5.92 Å². The van der Waals surface area contributed by atoms with E-state index in [4.69, 9.17) is 11.6 Å². The zero-order valence-corrected chi connectivity index (χ0v) is 12.6. The van der Waals surface area contributed by atoms with E-state index < -0.39 is 0 Å². The van der Waals surface area contributed by atoms with Crippen LogP contribution in [0.5, 0.6) is 0 Å². The second-order valence-electron chi connectivity index (χ2n) is 5.34. The molecule has 0 saturated heterocycles. The van der Waals surface area contributed by atoms with Crippen LogP contribution in [-0.4, -0.2) is 9.97 Å². The monoisotopic (exact) mass is 274 g/mol. The van der Waals surface area contributed by atoms with Gasteiger partial charge in [-0.25, -0.2) is 9.97 Å². The Bertz CT molecular complexity index is 551. The molecule has 0 saturated carbocycles. The Balaban J connectivity index is 2.32. The van der Waals surface area contributed by atoms with E-state index in [9.17, 15) is 0 Å².